The van der Waals surface area contributed by atoms with Crippen LogP contribution in [0.4, 0.5) is 0 Å². The van der Waals surface area contributed by atoms with Gasteiger partial charge < -0.3 is 42.3 Å². The normalized spacial score (nSPS) is 21.3. The van der Waals surface area contributed by atoms with Gasteiger partial charge in [-0.25, -0.2) is 0 Å². The Bertz CT molecular complexity index is 1570. The molecule has 3 aliphatic rings. The quantitative estimate of drug-likeness (QED) is 0.0280. The van der Waals surface area contributed by atoms with Crippen LogP contribution in [0.3, 0.4) is 0 Å². The molecule has 1 aromatic rings. The molecule has 10 nitrogen and oxygen atoms in total. The Labute approximate surface area is 436 Å². The van der Waals surface area contributed by atoms with Crippen molar-refractivity contribution in [3.8, 4) is 5.75 Å². The Morgan fingerprint density at radius 3 is 2.11 bits per heavy atom. The fraction of sp³-hybridized carbons (Fsp3) is 0.842. The van der Waals surface area contributed by atoms with Gasteiger partial charge in [0.2, 0.25) is 0 Å². The summed E-state index contributed by atoms with van der Waals surface area (Å²) in [4.78, 5) is 13.4. The van der Waals surface area contributed by atoms with Crippen LogP contribution in [0.25, 0.3) is 0 Å². The van der Waals surface area contributed by atoms with Crippen molar-refractivity contribution in [1.82, 2.24) is 0 Å². The van der Waals surface area contributed by atoms with Gasteiger partial charge in [0.15, 0.2) is 20.4 Å². The minimum atomic E-state index is -1.72. The minimum Gasteiger partial charge on any atom is -0.497 e. The molecule has 2 unspecified atom stereocenters. The number of ether oxygens (including phenoxy) is 8. The molecule has 1 aromatic carbocycles. The van der Waals surface area contributed by atoms with Crippen LogP contribution in [0.1, 0.15) is 196 Å². The van der Waals surface area contributed by atoms with E-state index in [1.807, 2.05) is 45.2 Å². The molecule has 3 fully saturated rings. The van der Waals surface area contributed by atoms with Crippen molar-refractivity contribution in [3.63, 3.8) is 0 Å². The maximum absolute atomic E-state index is 13.4. The van der Waals surface area contributed by atoms with Gasteiger partial charge in [0.1, 0.15) is 18.0 Å². The van der Waals surface area contributed by atoms with E-state index in [-0.39, 0.29) is 57.8 Å². The molecule has 13 heteroatoms. The molecular weight excluding hydrogens is 937 g/mol. The van der Waals surface area contributed by atoms with Gasteiger partial charge in [-0.3, -0.25) is 4.79 Å². The lowest BCUT2D eigenvalue weighted by atomic mass is 9.96. The second-order valence-corrected chi connectivity index (χ2v) is 30.6. The molecule has 70 heavy (non-hydrogen) atoms. The molecule has 3 heterocycles. The number of carbonyl (C=O) groups is 1. The van der Waals surface area contributed by atoms with Crippen LogP contribution in [-0.2, 0) is 49.0 Å². The molecule has 404 valence electrons. The van der Waals surface area contributed by atoms with Gasteiger partial charge in [-0.2, -0.15) is 0 Å². The van der Waals surface area contributed by atoms with Gasteiger partial charge in [-0.05, 0) is 138 Å². The molecule has 0 saturated carbocycles. The molecule has 0 radical (unpaired) electrons. The fourth-order valence-electron chi connectivity index (χ4n) is 9.48. The van der Waals surface area contributed by atoms with Crippen LogP contribution >= 0.6 is 23.5 Å². The number of thioether (sulfide) groups is 2. The Balaban J connectivity index is 1.34. The summed E-state index contributed by atoms with van der Waals surface area (Å²) in [5, 5.41) is 0.237. The summed E-state index contributed by atoms with van der Waals surface area (Å²) < 4.78 is 56.3. The SMILES string of the molecule is C/C=C/OC(CCCCCCO[Si](C)(C)C(C)(C)C)[C@H](CCCCCCC1(CC(C[C@H]2OC(C)(C)O[C@@H]2CCCCCC2OCCCO2)OC(=O)CC(C)C)SCCCS1)OCc1ccc(OC)cc1. The predicted molar refractivity (Wildman–Crippen MR) is 293 cm³/mol. The number of esters is 1. The number of rotatable bonds is 35. The average Bonchev–Trinajstić information content (AvgIpc) is 3.60. The molecular formula is C57H100O10S2Si. The third-order valence-electron chi connectivity index (χ3n) is 14.4. The van der Waals surface area contributed by atoms with Crippen molar-refractivity contribution in [1.29, 1.82) is 0 Å². The number of hydrogen-bond acceptors (Lipinski definition) is 12. The maximum atomic E-state index is 13.4. The molecule has 0 amide bonds. The van der Waals surface area contributed by atoms with Gasteiger partial charge >= 0.3 is 5.97 Å². The lowest BCUT2D eigenvalue weighted by Crippen LogP contribution is -2.40. The van der Waals surface area contributed by atoms with E-state index in [0.29, 0.717) is 19.4 Å². The van der Waals surface area contributed by atoms with Crippen LogP contribution in [-0.4, -0.2) is 99.4 Å². The Hall–Kier alpha value is -1.29. The smallest absolute Gasteiger partial charge is 0.306 e. The maximum Gasteiger partial charge on any atom is 0.306 e. The first-order valence-corrected chi connectivity index (χ1v) is 32.5. The van der Waals surface area contributed by atoms with E-state index in [1.165, 1.54) is 6.42 Å². The van der Waals surface area contributed by atoms with E-state index < -0.39 is 14.1 Å². The first kappa shape index (κ1) is 61.3. The first-order chi connectivity index (χ1) is 33.4. The van der Waals surface area contributed by atoms with Crippen LogP contribution in [0.2, 0.25) is 18.1 Å². The second kappa shape index (κ2) is 32.2. The highest BCUT2D eigenvalue weighted by molar-refractivity contribution is 8.18. The molecule has 5 atom stereocenters. The second-order valence-electron chi connectivity index (χ2n) is 22.6. The van der Waals surface area contributed by atoms with Crippen LogP contribution in [0.5, 0.6) is 5.75 Å². The Kier molecular flexibility index (Phi) is 28.2. The molecule has 3 saturated heterocycles. The minimum absolute atomic E-state index is 0.00105. The lowest BCUT2D eigenvalue weighted by Gasteiger charge is -2.39. The third kappa shape index (κ3) is 23.5. The van der Waals surface area contributed by atoms with Crippen molar-refractivity contribution >= 4 is 37.8 Å². The van der Waals surface area contributed by atoms with Crippen molar-refractivity contribution in [2.45, 2.75) is 262 Å². The molecule has 3 aliphatic heterocycles. The van der Waals surface area contributed by atoms with Crippen molar-refractivity contribution in [2.75, 3.05) is 38.4 Å². The van der Waals surface area contributed by atoms with E-state index in [4.69, 9.17) is 42.3 Å². The predicted octanol–water partition coefficient (Wildman–Crippen LogP) is 15.4. The zero-order valence-corrected chi connectivity index (χ0v) is 48.6. The van der Waals surface area contributed by atoms with Crippen molar-refractivity contribution in [2.24, 2.45) is 5.92 Å². The highest BCUT2D eigenvalue weighted by Crippen LogP contribution is 2.50. The first-order valence-electron chi connectivity index (χ1n) is 27.6. The van der Waals surface area contributed by atoms with Gasteiger partial charge in [-0.15, -0.1) is 23.5 Å². The molecule has 0 spiro atoms. The summed E-state index contributed by atoms with van der Waals surface area (Å²) in [6, 6.07) is 8.20. The largest absolute Gasteiger partial charge is 0.497 e. The number of methoxy groups -OCH3 is 1. The lowest BCUT2D eigenvalue weighted by molar-refractivity contribution is -0.181. The summed E-state index contributed by atoms with van der Waals surface area (Å²) in [7, 11) is -0.0173. The van der Waals surface area contributed by atoms with Gasteiger partial charge in [0.25, 0.3) is 0 Å². The summed E-state index contributed by atoms with van der Waals surface area (Å²) >= 11 is 4.19. The van der Waals surface area contributed by atoms with Crippen LogP contribution in [0.15, 0.2) is 36.6 Å². The van der Waals surface area contributed by atoms with E-state index >= 15 is 0 Å². The summed E-state index contributed by atoms with van der Waals surface area (Å²) in [5.74, 6) is 2.60. The van der Waals surface area contributed by atoms with Crippen molar-refractivity contribution in [3.05, 3.63) is 42.2 Å². The molecule has 0 N–H and O–H groups in total. The molecule has 0 aromatic heterocycles. The number of benzene rings is 1. The number of allylic oxidation sites excluding steroid dienone is 1. The highest BCUT2D eigenvalue weighted by atomic mass is 32.2. The zero-order valence-electron chi connectivity index (χ0n) is 46.0. The topological polar surface area (TPSA) is 100 Å². The third-order valence-corrected chi connectivity index (χ3v) is 22.4. The van der Waals surface area contributed by atoms with E-state index in [0.717, 1.165) is 158 Å². The van der Waals surface area contributed by atoms with Crippen LogP contribution < -0.4 is 4.74 Å². The summed E-state index contributed by atoms with van der Waals surface area (Å²) in [6.45, 7) is 24.8. The van der Waals surface area contributed by atoms with Crippen LogP contribution in [0, 0.1) is 5.92 Å². The van der Waals surface area contributed by atoms with E-state index in [1.54, 1.807) is 7.11 Å². The van der Waals surface area contributed by atoms with E-state index in [2.05, 4.69) is 83.4 Å². The monoisotopic (exact) mass is 1040 g/mol. The number of carbonyl (C=O) groups excluding carboxylic acids is 1. The van der Waals surface area contributed by atoms with Gasteiger partial charge in [0, 0.05) is 25.9 Å². The Morgan fingerprint density at radius 1 is 0.829 bits per heavy atom. The van der Waals surface area contributed by atoms with Crippen molar-refractivity contribution < 1.29 is 47.1 Å². The number of hydrogen-bond donors (Lipinski definition) is 0. The van der Waals surface area contributed by atoms with Gasteiger partial charge in [-0.1, -0.05) is 104 Å². The molecule has 0 aliphatic carbocycles. The average molecular weight is 1040 g/mol. The fourth-order valence-corrected chi connectivity index (χ4v) is 14.1. The molecule has 4 rings (SSSR count). The summed E-state index contributed by atoms with van der Waals surface area (Å²) in [6.07, 6.45) is 24.6. The summed E-state index contributed by atoms with van der Waals surface area (Å²) in [5.41, 5.74) is 1.14. The Morgan fingerprint density at radius 2 is 1.46 bits per heavy atom. The highest BCUT2D eigenvalue weighted by Gasteiger charge is 2.45. The molecule has 0 bridgehead atoms. The van der Waals surface area contributed by atoms with Gasteiger partial charge in [0.05, 0.1) is 55.6 Å². The number of unbranched alkanes of at least 4 members (excludes halogenated alkanes) is 8. The van der Waals surface area contributed by atoms with E-state index in [9.17, 15) is 4.79 Å². The standard InChI is InChI=1S/C57H100O10S2Si/c1-12-35-60-49(26-19-14-16-23-38-64-70(10,11)55(4,5)6)50(63-44-46-30-32-47(59-9)33-31-46)27-18-13-15-22-34-57(68-39-25-40-69-57)43-48(65-53(58)41-45(2)3)42-52-51(66-56(7,8)67-52)28-20-17-21-29-54-61-36-24-37-62-54/h12,30-33,35,45,48-52,54H,13-29,34,36-44H2,1-11H3/b35-12+/t48?,49?,50-,51+,52+/m0/s1. The zero-order chi connectivity index (χ0) is 50.9.